The molecule has 0 amide bonds. The molecule has 0 saturated carbocycles. The van der Waals surface area contributed by atoms with Crippen LogP contribution >= 0.6 is 56.7 Å². The number of aromatic nitrogens is 19. The number of pyridine rings is 17. The van der Waals surface area contributed by atoms with Crippen molar-refractivity contribution >= 4 is 269 Å². The molecule has 0 spiro atoms. The van der Waals surface area contributed by atoms with E-state index in [4.69, 9.17) is 22.1 Å². The van der Waals surface area contributed by atoms with Crippen LogP contribution in [-0.2, 0) is 0 Å². The number of furan rings is 5. The van der Waals surface area contributed by atoms with Crippen molar-refractivity contribution in [2.75, 3.05) is 0 Å². The van der Waals surface area contributed by atoms with Gasteiger partial charge in [0.25, 0.3) is 0 Å². The smallest absolute Gasteiger partial charge is 0.229 e. The first kappa shape index (κ1) is 80.3. The van der Waals surface area contributed by atoms with Crippen LogP contribution in [0, 0.1) is 0 Å². The summed E-state index contributed by atoms with van der Waals surface area (Å²) in [5, 5.41) is 17.9. The number of benzene rings is 2. The average molecular weight is 1780 g/mol. The largest absolute Gasteiger partial charge is 0.438 e. The molecule has 0 radical (unpaired) electrons. The van der Waals surface area contributed by atoms with Gasteiger partial charge in [0.2, 0.25) is 34.3 Å². The van der Waals surface area contributed by atoms with Gasteiger partial charge in [-0.15, -0.1) is 45.3 Å². The Morgan fingerprint density at radius 2 is 0.454 bits per heavy atom. The standard InChI is InChI=1S/C11H7NO.C11H7NS.4C10H6N2O.3C10H6N2S.C9H5N3S/c2*1-2-6-10-8(4-1)9-5-3-7-12-11(9)13-10;2*1-3-7-9-8(4-2-5-11-9)13-10(7)12-6-1;1-3-7-8-4-2-6-12-10(8)13-9(7)11-5-1;1-2-7-8-6-11-5-3-9(8)13-10(7)12-4-1;1-3-7-9-8(4-2-5-11-9)13-10(7)12-6-1;1-3-7-8-4-2-6-12-10(8)13-9(7)11-5-1;1-2-7-8-6-11-5-3-9(8)13-10(7)12-4-1;1-2-6-8-7(4-10-5-12-8)13-9(6)11-3-1/h2*1-7H;7*1-6H;1-5H. The predicted octanol–water partition coefficient (Wildman–Crippen LogP) is 26.7. The Morgan fingerprint density at radius 1 is 0.154 bits per heavy atom. The van der Waals surface area contributed by atoms with E-state index in [1.165, 1.54) is 46.4 Å². The van der Waals surface area contributed by atoms with E-state index in [-0.39, 0.29) is 0 Å². The van der Waals surface area contributed by atoms with Crippen molar-refractivity contribution in [3.8, 4) is 0 Å². The fourth-order valence-electron chi connectivity index (χ4n) is 14.6. The van der Waals surface area contributed by atoms with E-state index in [1.807, 2.05) is 238 Å². The van der Waals surface area contributed by atoms with Gasteiger partial charge < -0.3 is 22.1 Å². The average Bonchev–Trinajstić information content (AvgIpc) is 1.73. The monoisotopic (exact) mass is 1780 g/mol. The summed E-state index contributed by atoms with van der Waals surface area (Å²) < 4.78 is 32.3. The molecule has 0 fully saturated rings. The Morgan fingerprint density at radius 3 is 0.985 bits per heavy atom. The molecule has 0 saturated heterocycles. The zero-order valence-corrected chi connectivity index (χ0v) is 71.9. The molecule has 30 aromatic rings. The Labute approximate surface area is 753 Å². The van der Waals surface area contributed by atoms with Gasteiger partial charge in [-0.1, -0.05) is 47.7 Å². The van der Waals surface area contributed by atoms with Crippen molar-refractivity contribution < 1.29 is 22.1 Å². The summed E-state index contributed by atoms with van der Waals surface area (Å²) in [6.45, 7) is 0. The van der Waals surface area contributed by atoms with Crippen LogP contribution in [0.1, 0.15) is 0 Å². The third-order valence-electron chi connectivity index (χ3n) is 20.4. The maximum atomic E-state index is 5.54. The Kier molecular flexibility index (Phi) is 22.9. The quantitative estimate of drug-likeness (QED) is 0.136. The third-order valence-corrected chi connectivity index (χ3v) is 25.7. The second kappa shape index (κ2) is 37.2. The van der Waals surface area contributed by atoms with Gasteiger partial charge in [0.15, 0.2) is 11.2 Å². The summed E-state index contributed by atoms with van der Waals surface area (Å²) in [5.41, 5.74) is 11.1. The second-order valence-corrected chi connectivity index (χ2v) is 33.4. The van der Waals surface area contributed by atoms with Crippen LogP contribution in [0.2, 0.25) is 0 Å². The summed E-state index contributed by atoms with van der Waals surface area (Å²) in [6, 6.07) is 79.3. The zero-order valence-electron chi connectivity index (χ0n) is 67.8. The molecule has 130 heavy (non-hydrogen) atoms. The van der Waals surface area contributed by atoms with Gasteiger partial charge in [-0.3, -0.25) is 24.9 Å². The van der Waals surface area contributed by atoms with Crippen molar-refractivity contribution in [3.63, 3.8) is 0 Å². The van der Waals surface area contributed by atoms with Crippen LogP contribution in [0.5, 0.6) is 0 Å². The van der Waals surface area contributed by atoms with Crippen LogP contribution in [0.4, 0.5) is 0 Å². The lowest BCUT2D eigenvalue weighted by Gasteiger charge is -1.87. The van der Waals surface area contributed by atoms with E-state index >= 15 is 0 Å². The number of hydrogen-bond donors (Lipinski definition) is 0. The van der Waals surface area contributed by atoms with Gasteiger partial charge in [0.1, 0.15) is 57.5 Å². The molecule has 30 rings (SSSR count). The molecule has 0 bridgehead atoms. The maximum Gasteiger partial charge on any atom is 0.229 e. The van der Waals surface area contributed by atoms with E-state index in [0.29, 0.717) is 34.3 Å². The molecule has 0 aliphatic rings. The fourth-order valence-corrected chi connectivity index (χ4v) is 19.6. The van der Waals surface area contributed by atoms with E-state index in [2.05, 4.69) is 155 Å². The van der Waals surface area contributed by atoms with Gasteiger partial charge in [-0.05, 0) is 206 Å². The molecule has 0 N–H and O–H groups in total. The SMILES string of the molecule is c1ccc2c(c1)oc1ncccc12.c1ccc2c(c1)sc1ncccc12.c1cnc2c(c1)oc1ncccc12.c1cnc2c(c1)oc1ncccc12.c1cnc2c(c1)sc1ncccc12.c1cnc2oc3ccncc3c2c1.c1cnc2oc3ncccc3c2c1.c1cnc2sc3ccncc3c2c1.c1cnc2sc3cncnc3c2c1.c1cnc2sc3ncccc3c2c1. The summed E-state index contributed by atoms with van der Waals surface area (Å²) in [7, 11) is 0. The lowest BCUT2D eigenvalue weighted by molar-refractivity contribution is 0.640. The summed E-state index contributed by atoms with van der Waals surface area (Å²) in [4.78, 5) is 86.2. The highest BCUT2D eigenvalue weighted by Crippen LogP contribution is 2.37. The predicted molar refractivity (Wildman–Crippen MR) is 523 cm³/mol. The number of rotatable bonds is 0. The highest BCUT2D eigenvalue weighted by molar-refractivity contribution is 7.27. The lowest BCUT2D eigenvalue weighted by atomic mass is 10.2. The Balaban J connectivity index is 0.0000000874. The molecule has 2 aromatic carbocycles. The molecule has 0 aliphatic heterocycles. The van der Waals surface area contributed by atoms with Crippen molar-refractivity contribution in [2.45, 2.75) is 0 Å². The third kappa shape index (κ3) is 16.8. The minimum absolute atomic E-state index is 0.649. The summed E-state index contributed by atoms with van der Waals surface area (Å²) in [5.74, 6) is 0. The lowest BCUT2D eigenvalue weighted by Crippen LogP contribution is -1.75. The minimum Gasteiger partial charge on any atom is -0.438 e. The first-order valence-corrected chi connectivity index (χ1v) is 44.5. The van der Waals surface area contributed by atoms with Crippen molar-refractivity contribution in [1.29, 1.82) is 0 Å². The summed E-state index contributed by atoms with van der Waals surface area (Å²) >= 11 is 8.41. The number of para-hydroxylation sites is 1. The molecular weight excluding hydrogens is 1720 g/mol. The molecule has 28 aromatic heterocycles. The molecule has 620 valence electrons. The maximum absolute atomic E-state index is 5.54. The van der Waals surface area contributed by atoms with Crippen LogP contribution in [0.3, 0.4) is 0 Å². The van der Waals surface area contributed by atoms with Gasteiger partial charge in [-0.2, -0.15) is 0 Å². The van der Waals surface area contributed by atoms with Crippen molar-refractivity contribution in [3.05, 3.63) is 373 Å². The molecule has 28 heterocycles. The summed E-state index contributed by atoms with van der Waals surface area (Å²) in [6.07, 6.45) is 37.2. The first-order chi connectivity index (χ1) is 64.5. The Hall–Kier alpha value is -16.8. The zero-order chi connectivity index (χ0) is 86.7. The number of nitrogens with zero attached hydrogens (tertiary/aromatic N) is 19. The minimum atomic E-state index is 0.649. The van der Waals surface area contributed by atoms with Crippen LogP contribution in [0.15, 0.2) is 395 Å². The van der Waals surface area contributed by atoms with Crippen LogP contribution < -0.4 is 0 Å². The normalized spacial score (nSPS) is 11.1. The molecule has 0 unspecified atom stereocenters. The molecule has 0 aliphatic carbocycles. The highest BCUT2D eigenvalue weighted by Gasteiger charge is 2.14. The van der Waals surface area contributed by atoms with Gasteiger partial charge in [0, 0.05) is 209 Å². The molecule has 24 nitrogen and oxygen atoms in total. The topological polar surface area (TPSA) is 311 Å². The van der Waals surface area contributed by atoms with Crippen LogP contribution in [0.25, 0.3) is 213 Å². The van der Waals surface area contributed by atoms with E-state index in [1.54, 1.807) is 131 Å². The van der Waals surface area contributed by atoms with Gasteiger partial charge >= 0.3 is 0 Å². The first-order valence-electron chi connectivity index (χ1n) is 40.4. The van der Waals surface area contributed by atoms with E-state index in [0.717, 1.165) is 132 Å². The highest BCUT2D eigenvalue weighted by atomic mass is 32.1. The van der Waals surface area contributed by atoms with Crippen molar-refractivity contribution in [2.24, 2.45) is 0 Å². The van der Waals surface area contributed by atoms with Gasteiger partial charge in [-0.25, -0.2) is 69.8 Å². The molecule has 29 heteroatoms. The van der Waals surface area contributed by atoms with E-state index < -0.39 is 0 Å². The molecular formula is C101H61N19O5S5. The van der Waals surface area contributed by atoms with Crippen molar-refractivity contribution in [1.82, 2.24) is 94.7 Å². The Bertz CT molecular complexity index is 6970. The van der Waals surface area contributed by atoms with E-state index in [9.17, 15) is 0 Å². The number of fused-ring (bicyclic) bond motifs is 30. The second-order valence-electron chi connectivity index (χ2n) is 28.3. The fraction of sp³-hybridized carbons (Fsp3) is 0. The number of thiophene rings is 5. The number of hydrogen-bond acceptors (Lipinski definition) is 29. The molecule has 0 atom stereocenters. The van der Waals surface area contributed by atoms with Gasteiger partial charge in [0.05, 0.1) is 31.2 Å². The van der Waals surface area contributed by atoms with Crippen LogP contribution in [-0.4, -0.2) is 94.7 Å².